The third-order valence-corrected chi connectivity index (χ3v) is 4.27. The summed E-state index contributed by atoms with van der Waals surface area (Å²) in [5.41, 5.74) is -0.390. The van der Waals surface area contributed by atoms with Crippen LogP contribution in [0.25, 0.3) is 4.85 Å². The van der Waals surface area contributed by atoms with E-state index in [1.165, 1.54) is 0 Å². The molecule has 0 aromatic rings. The van der Waals surface area contributed by atoms with Gasteiger partial charge < -0.3 is 9.53 Å². The summed E-state index contributed by atoms with van der Waals surface area (Å²) in [6.07, 6.45) is 4.76. The molecule has 0 N–H and O–H groups in total. The van der Waals surface area contributed by atoms with Crippen LogP contribution < -0.4 is 0 Å². The first kappa shape index (κ1) is 12.3. The zero-order chi connectivity index (χ0) is 12.7. The zero-order valence-corrected chi connectivity index (χ0v) is 10.7. The molecule has 1 saturated heterocycles. The third kappa shape index (κ3) is 1.63. The molecule has 3 heteroatoms. The first-order valence-corrected chi connectivity index (χ1v) is 6.24. The monoisotopic (exact) mass is 233 g/mol. The average Bonchev–Trinajstić information content (AvgIpc) is 2.34. The van der Waals surface area contributed by atoms with E-state index in [1.807, 2.05) is 19.9 Å². The lowest BCUT2D eigenvalue weighted by atomic mass is 9.59. The minimum atomic E-state index is -0.578. The van der Waals surface area contributed by atoms with Crippen molar-refractivity contribution in [2.75, 3.05) is 6.61 Å². The molecule has 17 heavy (non-hydrogen) atoms. The molecule has 2 atom stereocenters. The third-order valence-electron chi connectivity index (χ3n) is 4.27. The van der Waals surface area contributed by atoms with Gasteiger partial charge in [0.2, 0.25) is 5.70 Å². The lowest BCUT2D eigenvalue weighted by Crippen LogP contribution is -2.55. The number of allylic oxidation sites excluding steroid dienone is 1. The lowest BCUT2D eigenvalue weighted by molar-refractivity contribution is -0.155. The van der Waals surface area contributed by atoms with Gasteiger partial charge in [-0.1, -0.05) is 26.8 Å². The van der Waals surface area contributed by atoms with Gasteiger partial charge in [0, 0.05) is 17.4 Å². The van der Waals surface area contributed by atoms with Crippen LogP contribution in [0, 0.1) is 17.4 Å². The molecule has 2 aliphatic rings. The van der Waals surface area contributed by atoms with Crippen LogP contribution in [0.4, 0.5) is 0 Å². The van der Waals surface area contributed by atoms with E-state index in [2.05, 4.69) is 11.8 Å². The quantitative estimate of drug-likeness (QED) is 0.652. The molecule has 0 bridgehead atoms. The topological polar surface area (TPSA) is 30.7 Å². The SMILES string of the molecule is [C-]#[N+]C1=C[C@@]2(CC)CCCO[C@@H]2C(C)(C)C1=O. The van der Waals surface area contributed by atoms with E-state index in [-0.39, 0.29) is 17.3 Å². The zero-order valence-electron chi connectivity index (χ0n) is 10.7. The molecule has 0 spiro atoms. The number of hydrogen-bond donors (Lipinski definition) is 0. The van der Waals surface area contributed by atoms with Crippen LogP contribution in [0.2, 0.25) is 0 Å². The number of ether oxygens (including phenoxy) is 1. The number of rotatable bonds is 1. The van der Waals surface area contributed by atoms with Gasteiger partial charge in [-0.25, -0.2) is 4.85 Å². The van der Waals surface area contributed by atoms with Crippen molar-refractivity contribution in [3.63, 3.8) is 0 Å². The van der Waals surface area contributed by atoms with Crippen molar-refractivity contribution < 1.29 is 9.53 Å². The Morgan fingerprint density at radius 1 is 1.59 bits per heavy atom. The van der Waals surface area contributed by atoms with E-state index in [4.69, 9.17) is 11.3 Å². The normalized spacial score (nSPS) is 35.8. The Morgan fingerprint density at radius 3 is 2.88 bits per heavy atom. The van der Waals surface area contributed by atoms with E-state index in [9.17, 15) is 4.79 Å². The number of fused-ring (bicyclic) bond motifs is 1. The molecule has 1 fully saturated rings. The van der Waals surface area contributed by atoms with E-state index in [1.54, 1.807) is 0 Å². The van der Waals surface area contributed by atoms with Crippen LogP contribution in [-0.4, -0.2) is 18.5 Å². The molecule has 3 nitrogen and oxygen atoms in total. The lowest BCUT2D eigenvalue weighted by Gasteiger charge is -2.51. The molecule has 0 aromatic carbocycles. The molecule has 1 aliphatic heterocycles. The van der Waals surface area contributed by atoms with Crippen LogP contribution in [0.3, 0.4) is 0 Å². The summed E-state index contributed by atoms with van der Waals surface area (Å²) >= 11 is 0. The van der Waals surface area contributed by atoms with Crippen LogP contribution in [0.15, 0.2) is 11.8 Å². The molecule has 0 aromatic heterocycles. The second kappa shape index (κ2) is 3.96. The summed E-state index contributed by atoms with van der Waals surface area (Å²) in [5.74, 6) is -0.0662. The van der Waals surface area contributed by atoms with Gasteiger partial charge in [0.1, 0.15) is 0 Å². The Balaban J connectivity index is 2.56. The highest BCUT2D eigenvalue weighted by molar-refractivity contribution is 6.02. The standard InChI is InChI=1S/C14H19NO2/c1-5-14-7-6-8-17-12(14)13(2,3)11(16)10(9-14)15-4/h9,12H,5-8H2,1-3H3/t12-,14-/m1/s1. The fraction of sp³-hybridized carbons (Fsp3) is 0.714. The maximum atomic E-state index is 12.2. The summed E-state index contributed by atoms with van der Waals surface area (Å²) in [5, 5.41) is 0. The Kier molecular flexibility index (Phi) is 2.87. The van der Waals surface area contributed by atoms with E-state index in [0.717, 1.165) is 25.9 Å². The maximum absolute atomic E-state index is 12.2. The fourth-order valence-electron chi connectivity index (χ4n) is 3.31. The highest BCUT2D eigenvalue weighted by atomic mass is 16.5. The molecule has 0 unspecified atom stereocenters. The van der Waals surface area contributed by atoms with Crippen molar-refractivity contribution in [1.82, 2.24) is 0 Å². The Morgan fingerprint density at radius 2 is 2.29 bits per heavy atom. The summed E-state index contributed by atoms with van der Waals surface area (Å²) in [6.45, 7) is 13.8. The van der Waals surface area contributed by atoms with Gasteiger partial charge in [-0.05, 0) is 19.3 Å². The van der Waals surface area contributed by atoms with Crippen LogP contribution in [-0.2, 0) is 9.53 Å². The smallest absolute Gasteiger partial charge is 0.226 e. The predicted molar refractivity (Wildman–Crippen MR) is 65.2 cm³/mol. The minimum absolute atomic E-state index is 0.0662. The number of carbonyl (C=O) groups excluding carboxylic acids is 1. The van der Waals surface area contributed by atoms with Crippen LogP contribution in [0.5, 0.6) is 0 Å². The number of nitrogens with zero attached hydrogens (tertiary/aromatic N) is 1. The largest absolute Gasteiger partial charge is 0.376 e. The van der Waals surface area contributed by atoms with E-state index in [0.29, 0.717) is 5.70 Å². The van der Waals surface area contributed by atoms with Gasteiger partial charge in [0.15, 0.2) is 5.78 Å². The summed E-state index contributed by atoms with van der Waals surface area (Å²) in [6, 6.07) is 0. The van der Waals surface area contributed by atoms with Gasteiger partial charge in [0.05, 0.1) is 12.7 Å². The molecule has 92 valence electrons. The average molecular weight is 233 g/mol. The first-order chi connectivity index (χ1) is 7.98. The summed E-state index contributed by atoms with van der Waals surface area (Å²) in [4.78, 5) is 15.6. The molecular formula is C14H19NO2. The predicted octanol–water partition coefficient (Wildman–Crippen LogP) is 2.97. The molecule has 0 saturated carbocycles. The Labute approximate surface area is 103 Å². The Hall–Kier alpha value is -1.14. The van der Waals surface area contributed by atoms with Crippen molar-refractivity contribution >= 4 is 5.78 Å². The summed E-state index contributed by atoms with van der Waals surface area (Å²) in [7, 11) is 0. The van der Waals surface area contributed by atoms with Gasteiger partial charge in [0.25, 0.3) is 0 Å². The second-order valence-corrected chi connectivity index (χ2v) is 5.63. The number of ketones is 1. The van der Waals surface area contributed by atoms with Crippen molar-refractivity contribution in [3.05, 3.63) is 23.2 Å². The molecule has 0 radical (unpaired) electrons. The first-order valence-electron chi connectivity index (χ1n) is 6.24. The number of Topliss-reactive ketones (excluding diaryl/α,β-unsaturated/α-hetero) is 1. The van der Waals surface area contributed by atoms with E-state index >= 15 is 0 Å². The van der Waals surface area contributed by atoms with E-state index < -0.39 is 5.41 Å². The molecule has 2 rings (SSSR count). The van der Waals surface area contributed by atoms with Crippen molar-refractivity contribution in [2.24, 2.45) is 10.8 Å². The minimum Gasteiger partial charge on any atom is -0.376 e. The van der Waals surface area contributed by atoms with Gasteiger partial charge in [-0.15, -0.1) is 0 Å². The maximum Gasteiger partial charge on any atom is 0.226 e. The van der Waals surface area contributed by atoms with Crippen molar-refractivity contribution in [2.45, 2.75) is 46.1 Å². The van der Waals surface area contributed by atoms with Gasteiger partial charge >= 0.3 is 0 Å². The number of hydrogen-bond acceptors (Lipinski definition) is 2. The molecule has 1 aliphatic carbocycles. The Bertz CT molecular complexity index is 416. The van der Waals surface area contributed by atoms with Gasteiger partial charge in [-0.2, -0.15) is 0 Å². The summed E-state index contributed by atoms with van der Waals surface area (Å²) < 4.78 is 5.89. The van der Waals surface area contributed by atoms with Crippen LogP contribution in [0.1, 0.15) is 40.0 Å². The molecule has 1 heterocycles. The highest BCUT2D eigenvalue weighted by Gasteiger charge is 2.54. The second-order valence-electron chi connectivity index (χ2n) is 5.63. The fourth-order valence-corrected chi connectivity index (χ4v) is 3.31. The number of carbonyl (C=O) groups is 1. The molecule has 0 amide bonds. The van der Waals surface area contributed by atoms with Crippen molar-refractivity contribution in [1.29, 1.82) is 0 Å². The van der Waals surface area contributed by atoms with Crippen LogP contribution >= 0.6 is 0 Å². The van der Waals surface area contributed by atoms with Crippen molar-refractivity contribution in [3.8, 4) is 0 Å². The van der Waals surface area contributed by atoms with Gasteiger partial charge in [-0.3, -0.25) is 0 Å². The highest BCUT2D eigenvalue weighted by Crippen LogP contribution is 2.51. The molecular weight excluding hydrogens is 214 g/mol.